The molecule has 4 nitrogen and oxygen atoms in total. The highest BCUT2D eigenvalue weighted by atomic mass is 79.9. The summed E-state index contributed by atoms with van der Waals surface area (Å²) in [6, 6.07) is -0.0740. The predicted molar refractivity (Wildman–Crippen MR) is 76.0 cm³/mol. The van der Waals surface area contributed by atoms with E-state index in [0.29, 0.717) is 4.47 Å². The molecule has 0 bridgehead atoms. The smallest absolute Gasteiger partial charge is 0.270 e. The quantitative estimate of drug-likeness (QED) is 0.853. The lowest BCUT2D eigenvalue weighted by molar-refractivity contribution is 0.542. The van der Waals surface area contributed by atoms with Gasteiger partial charge in [0.25, 0.3) is 5.56 Å². The van der Waals surface area contributed by atoms with Crippen LogP contribution < -0.4 is 5.56 Å². The molecular formula is C12H18BrNO3S. The summed E-state index contributed by atoms with van der Waals surface area (Å²) in [5.74, 6) is -0.0819. The number of nitrogens with zero attached hydrogens (tertiary/aromatic N) is 1. The van der Waals surface area contributed by atoms with Crippen molar-refractivity contribution in [2.45, 2.75) is 45.6 Å². The third-order valence-electron chi connectivity index (χ3n) is 3.05. The fraction of sp³-hybridized carbons (Fsp3) is 0.583. The summed E-state index contributed by atoms with van der Waals surface area (Å²) in [5, 5.41) is 0. The van der Waals surface area contributed by atoms with Gasteiger partial charge < -0.3 is 4.57 Å². The zero-order valence-corrected chi connectivity index (χ0v) is 13.6. The fourth-order valence-corrected chi connectivity index (χ4v) is 4.18. The number of sulfone groups is 1. The van der Waals surface area contributed by atoms with E-state index >= 15 is 0 Å². The Morgan fingerprint density at radius 2 is 1.78 bits per heavy atom. The van der Waals surface area contributed by atoms with Gasteiger partial charge >= 0.3 is 0 Å². The van der Waals surface area contributed by atoms with E-state index in [1.54, 1.807) is 0 Å². The summed E-state index contributed by atoms with van der Waals surface area (Å²) in [6.07, 6.45) is 0. The number of hydrogen-bond acceptors (Lipinski definition) is 3. The van der Waals surface area contributed by atoms with Crippen LogP contribution in [0, 0.1) is 13.8 Å². The second-order valence-electron chi connectivity index (χ2n) is 4.53. The van der Waals surface area contributed by atoms with E-state index in [2.05, 4.69) is 15.9 Å². The lowest BCUT2D eigenvalue weighted by Crippen LogP contribution is -2.31. The molecule has 0 aromatic carbocycles. The van der Waals surface area contributed by atoms with E-state index in [9.17, 15) is 13.2 Å². The van der Waals surface area contributed by atoms with Crippen LogP contribution in [0.3, 0.4) is 0 Å². The van der Waals surface area contributed by atoms with Gasteiger partial charge in [-0.15, -0.1) is 0 Å². The SMILES string of the molecule is CCS(=O)(=O)c1c(Br)c(C)c(C)n(C(C)C)c1=O. The van der Waals surface area contributed by atoms with Crippen molar-refractivity contribution in [3.63, 3.8) is 0 Å². The van der Waals surface area contributed by atoms with Crippen LogP contribution in [0.5, 0.6) is 0 Å². The lowest BCUT2D eigenvalue weighted by Gasteiger charge is -2.19. The molecule has 1 heterocycles. The van der Waals surface area contributed by atoms with Crippen LogP contribution in [-0.2, 0) is 9.84 Å². The molecule has 0 N–H and O–H groups in total. The van der Waals surface area contributed by atoms with Gasteiger partial charge in [0, 0.05) is 16.2 Å². The third kappa shape index (κ3) is 2.40. The molecule has 0 aliphatic heterocycles. The Kier molecular flexibility index (Phi) is 4.43. The first-order valence-corrected chi connectivity index (χ1v) is 8.23. The van der Waals surface area contributed by atoms with E-state index < -0.39 is 15.4 Å². The molecule has 0 saturated carbocycles. The van der Waals surface area contributed by atoms with Gasteiger partial charge in [-0.2, -0.15) is 0 Å². The zero-order valence-electron chi connectivity index (χ0n) is 11.2. The molecule has 0 amide bonds. The Labute approximate surface area is 116 Å². The summed E-state index contributed by atoms with van der Waals surface area (Å²) < 4.78 is 26.0. The Morgan fingerprint density at radius 1 is 1.28 bits per heavy atom. The molecule has 102 valence electrons. The molecule has 0 spiro atoms. The Balaban J connectivity index is 3.92. The van der Waals surface area contributed by atoms with Gasteiger partial charge in [0.05, 0.1) is 5.75 Å². The number of hydrogen-bond donors (Lipinski definition) is 0. The van der Waals surface area contributed by atoms with Crippen LogP contribution in [0.2, 0.25) is 0 Å². The Bertz CT molecular complexity index is 630. The minimum Gasteiger partial charge on any atom is -0.309 e. The van der Waals surface area contributed by atoms with Crippen LogP contribution in [0.15, 0.2) is 14.2 Å². The monoisotopic (exact) mass is 335 g/mol. The minimum atomic E-state index is -3.54. The fourth-order valence-electron chi connectivity index (χ4n) is 1.90. The van der Waals surface area contributed by atoms with Gasteiger partial charge in [0.1, 0.15) is 4.90 Å². The van der Waals surface area contributed by atoms with Gasteiger partial charge in [-0.1, -0.05) is 6.92 Å². The van der Waals surface area contributed by atoms with Gasteiger partial charge in [0.2, 0.25) is 0 Å². The molecule has 1 rings (SSSR count). The maximum Gasteiger partial charge on any atom is 0.270 e. The number of aromatic nitrogens is 1. The number of rotatable bonds is 3. The van der Waals surface area contributed by atoms with Gasteiger partial charge in [-0.3, -0.25) is 4.79 Å². The van der Waals surface area contributed by atoms with E-state index in [1.807, 2.05) is 27.7 Å². The average Bonchev–Trinajstić information content (AvgIpc) is 2.25. The van der Waals surface area contributed by atoms with E-state index in [4.69, 9.17) is 0 Å². The van der Waals surface area contributed by atoms with E-state index in [-0.39, 0.29) is 16.7 Å². The highest BCUT2D eigenvalue weighted by Crippen LogP contribution is 2.26. The van der Waals surface area contributed by atoms with Gasteiger partial charge in [0.15, 0.2) is 9.84 Å². The van der Waals surface area contributed by atoms with Crippen molar-refractivity contribution >= 4 is 25.8 Å². The Hall–Kier alpha value is -0.620. The predicted octanol–water partition coefficient (Wildman–Crippen LogP) is 2.60. The highest BCUT2D eigenvalue weighted by Gasteiger charge is 2.25. The normalized spacial score (nSPS) is 12.2. The largest absolute Gasteiger partial charge is 0.309 e. The average molecular weight is 336 g/mol. The van der Waals surface area contributed by atoms with Crippen LogP contribution in [0.1, 0.15) is 38.1 Å². The third-order valence-corrected chi connectivity index (χ3v) is 6.07. The molecule has 0 saturated heterocycles. The number of pyridine rings is 1. The van der Waals surface area contributed by atoms with Crippen LogP contribution in [-0.4, -0.2) is 18.7 Å². The zero-order chi connectivity index (χ0) is 14.2. The van der Waals surface area contributed by atoms with Crippen LogP contribution in [0.25, 0.3) is 0 Å². The first kappa shape index (κ1) is 15.4. The minimum absolute atomic E-state index is 0.0740. The van der Waals surface area contributed by atoms with Crippen molar-refractivity contribution in [2.75, 3.05) is 5.75 Å². The molecule has 1 aromatic heterocycles. The van der Waals surface area contributed by atoms with Crippen molar-refractivity contribution in [3.05, 3.63) is 26.1 Å². The molecule has 0 unspecified atom stereocenters. The summed E-state index contributed by atoms with van der Waals surface area (Å²) in [6.45, 7) is 8.90. The summed E-state index contributed by atoms with van der Waals surface area (Å²) in [7, 11) is -3.54. The van der Waals surface area contributed by atoms with E-state index in [1.165, 1.54) is 11.5 Å². The van der Waals surface area contributed by atoms with Gasteiger partial charge in [-0.05, 0) is 49.2 Å². The molecule has 1 aromatic rings. The molecule has 6 heteroatoms. The molecule has 0 radical (unpaired) electrons. The number of halogens is 1. The maximum absolute atomic E-state index is 12.4. The molecule has 0 aliphatic rings. The maximum atomic E-state index is 12.4. The van der Waals surface area contributed by atoms with Crippen LogP contribution in [0.4, 0.5) is 0 Å². The molecule has 0 fully saturated rings. The summed E-state index contributed by atoms with van der Waals surface area (Å²) >= 11 is 3.25. The molecular weight excluding hydrogens is 318 g/mol. The van der Waals surface area contributed by atoms with Crippen molar-refractivity contribution in [1.82, 2.24) is 4.57 Å². The lowest BCUT2D eigenvalue weighted by atomic mass is 10.2. The van der Waals surface area contributed by atoms with E-state index in [0.717, 1.165) is 11.3 Å². The second kappa shape index (κ2) is 5.17. The summed E-state index contributed by atoms with van der Waals surface area (Å²) in [4.78, 5) is 12.2. The van der Waals surface area contributed by atoms with Crippen molar-refractivity contribution < 1.29 is 8.42 Å². The molecule has 18 heavy (non-hydrogen) atoms. The van der Waals surface area contributed by atoms with Crippen molar-refractivity contribution in [2.24, 2.45) is 0 Å². The van der Waals surface area contributed by atoms with Gasteiger partial charge in [-0.25, -0.2) is 8.42 Å². The first-order chi connectivity index (χ1) is 8.15. The highest BCUT2D eigenvalue weighted by molar-refractivity contribution is 9.10. The topological polar surface area (TPSA) is 56.1 Å². The standard InChI is InChI=1S/C12H18BrNO3S/c1-6-18(16,17)11-10(13)8(4)9(5)14(7(2)3)12(11)15/h7H,6H2,1-5H3. The first-order valence-electron chi connectivity index (χ1n) is 5.79. The molecule has 0 atom stereocenters. The second-order valence-corrected chi connectivity index (χ2v) is 7.53. The van der Waals surface area contributed by atoms with Crippen molar-refractivity contribution in [3.8, 4) is 0 Å². The summed E-state index contributed by atoms with van der Waals surface area (Å²) in [5.41, 5.74) is 1.13. The Morgan fingerprint density at radius 3 is 2.17 bits per heavy atom. The molecule has 0 aliphatic carbocycles. The van der Waals surface area contributed by atoms with Crippen LogP contribution >= 0.6 is 15.9 Å². The van der Waals surface area contributed by atoms with Crippen molar-refractivity contribution in [1.29, 1.82) is 0 Å².